The molecule has 0 radical (unpaired) electrons. The molecule has 3 aromatic carbocycles. The van der Waals surface area contributed by atoms with Crippen molar-refractivity contribution in [1.82, 2.24) is 4.98 Å². The van der Waals surface area contributed by atoms with Gasteiger partial charge in [-0.2, -0.15) is 0 Å². The van der Waals surface area contributed by atoms with Gasteiger partial charge in [-0.1, -0.05) is 41.6 Å². The molecule has 1 saturated heterocycles. The first-order valence-corrected chi connectivity index (χ1v) is 13.5. The molecule has 0 bridgehead atoms. The minimum Gasteiger partial charge on any atom is -0.378 e. The standard InChI is InChI=1S/C27H26N4O3S2/c1-18-3-5-21(19(2)13-18)17-35-27-29-23-7-6-22(15-26(23)36-27)28-16-20-4-8-24(25(14-20)31(32)33)30-9-11-34-12-10-30/h3-8,13-16H,9-12,17H2,1-2H3. The normalized spacial score (nSPS) is 14.1. The van der Waals surface area contributed by atoms with E-state index >= 15 is 0 Å². The Balaban J connectivity index is 1.31. The highest BCUT2D eigenvalue weighted by atomic mass is 32.2. The van der Waals surface area contributed by atoms with Crippen molar-refractivity contribution < 1.29 is 9.66 Å². The summed E-state index contributed by atoms with van der Waals surface area (Å²) in [5.41, 5.74) is 7.04. The van der Waals surface area contributed by atoms with Gasteiger partial charge >= 0.3 is 0 Å². The number of nitro groups is 1. The van der Waals surface area contributed by atoms with Crippen LogP contribution in [0.3, 0.4) is 0 Å². The fourth-order valence-electron chi connectivity index (χ4n) is 4.17. The van der Waals surface area contributed by atoms with E-state index in [9.17, 15) is 10.1 Å². The average Bonchev–Trinajstić information content (AvgIpc) is 3.29. The van der Waals surface area contributed by atoms with Gasteiger partial charge in [-0.05, 0) is 54.8 Å². The number of morpholine rings is 1. The Morgan fingerprint density at radius 3 is 2.75 bits per heavy atom. The van der Waals surface area contributed by atoms with Crippen LogP contribution >= 0.6 is 23.1 Å². The summed E-state index contributed by atoms with van der Waals surface area (Å²) >= 11 is 3.40. The summed E-state index contributed by atoms with van der Waals surface area (Å²) in [4.78, 5) is 22.7. The minimum atomic E-state index is -0.331. The average molecular weight is 519 g/mol. The summed E-state index contributed by atoms with van der Waals surface area (Å²) in [6.45, 7) is 6.70. The Kier molecular flexibility index (Phi) is 7.31. The molecular formula is C27H26N4O3S2. The van der Waals surface area contributed by atoms with Crippen LogP contribution < -0.4 is 4.90 Å². The first-order valence-electron chi connectivity index (χ1n) is 11.7. The Bertz CT molecular complexity index is 1440. The highest BCUT2D eigenvalue weighted by molar-refractivity contribution is 8.00. The van der Waals surface area contributed by atoms with Gasteiger partial charge in [-0.15, -0.1) is 11.3 Å². The summed E-state index contributed by atoms with van der Waals surface area (Å²) in [6, 6.07) is 17.7. The van der Waals surface area contributed by atoms with Gasteiger partial charge in [-0.3, -0.25) is 15.1 Å². The van der Waals surface area contributed by atoms with Gasteiger partial charge in [0, 0.05) is 31.1 Å². The van der Waals surface area contributed by atoms with Crippen molar-refractivity contribution in [1.29, 1.82) is 0 Å². The van der Waals surface area contributed by atoms with Crippen LogP contribution in [0, 0.1) is 24.0 Å². The van der Waals surface area contributed by atoms with Crippen molar-refractivity contribution in [3.63, 3.8) is 0 Å². The molecule has 7 nitrogen and oxygen atoms in total. The van der Waals surface area contributed by atoms with Gasteiger partial charge < -0.3 is 9.64 Å². The van der Waals surface area contributed by atoms with Crippen molar-refractivity contribution >= 4 is 56.6 Å². The maximum Gasteiger partial charge on any atom is 0.293 e. The van der Waals surface area contributed by atoms with E-state index in [2.05, 4.69) is 37.0 Å². The van der Waals surface area contributed by atoms with Gasteiger partial charge in [0.05, 0.1) is 34.0 Å². The van der Waals surface area contributed by atoms with E-state index in [0.29, 0.717) is 37.6 Å². The Morgan fingerprint density at radius 2 is 1.97 bits per heavy atom. The van der Waals surface area contributed by atoms with Gasteiger partial charge in [0.25, 0.3) is 5.69 Å². The Morgan fingerprint density at radius 1 is 1.14 bits per heavy atom. The van der Waals surface area contributed by atoms with Crippen molar-refractivity contribution in [3.05, 3.63) is 87.0 Å². The number of thioether (sulfide) groups is 1. The van der Waals surface area contributed by atoms with Crippen LogP contribution in [0.1, 0.15) is 22.3 Å². The molecule has 36 heavy (non-hydrogen) atoms. The number of aryl methyl sites for hydroxylation is 2. The second-order valence-corrected chi connectivity index (χ2v) is 11.0. The van der Waals surface area contributed by atoms with Crippen LogP contribution in [0.4, 0.5) is 17.1 Å². The highest BCUT2D eigenvalue weighted by Gasteiger charge is 2.21. The van der Waals surface area contributed by atoms with Crippen molar-refractivity contribution in [2.45, 2.75) is 23.9 Å². The van der Waals surface area contributed by atoms with Crippen molar-refractivity contribution in [3.8, 4) is 0 Å². The maximum atomic E-state index is 11.7. The fraction of sp³-hybridized carbons (Fsp3) is 0.259. The number of rotatable bonds is 7. The first-order chi connectivity index (χ1) is 17.5. The third-order valence-corrected chi connectivity index (χ3v) is 8.32. The van der Waals surface area contributed by atoms with Crippen LogP contribution in [0.5, 0.6) is 0 Å². The third-order valence-electron chi connectivity index (χ3n) is 6.11. The second kappa shape index (κ2) is 10.8. The lowest BCUT2D eigenvalue weighted by atomic mass is 10.1. The minimum absolute atomic E-state index is 0.0873. The number of ether oxygens (including phenoxy) is 1. The van der Waals surface area contributed by atoms with Gasteiger partial charge in [0.2, 0.25) is 0 Å². The zero-order valence-electron chi connectivity index (χ0n) is 20.1. The predicted molar refractivity (Wildman–Crippen MR) is 148 cm³/mol. The van der Waals surface area contributed by atoms with E-state index in [1.165, 1.54) is 16.7 Å². The molecule has 0 spiro atoms. The number of anilines is 1. The number of nitrogens with zero attached hydrogens (tertiary/aromatic N) is 4. The van der Waals surface area contributed by atoms with E-state index in [1.807, 2.05) is 29.2 Å². The van der Waals surface area contributed by atoms with Crippen molar-refractivity contribution in [2.24, 2.45) is 4.99 Å². The molecule has 0 saturated carbocycles. The number of aliphatic imine (C=N–C) groups is 1. The molecule has 9 heteroatoms. The molecular weight excluding hydrogens is 492 g/mol. The lowest BCUT2D eigenvalue weighted by Gasteiger charge is -2.28. The largest absolute Gasteiger partial charge is 0.378 e. The number of thiazole rings is 1. The smallest absolute Gasteiger partial charge is 0.293 e. The molecule has 0 N–H and O–H groups in total. The summed E-state index contributed by atoms with van der Waals surface area (Å²) in [5.74, 6) is 0.885. The lowest BCUT2D eigenvalue weighted by Crippen LogP contribution is -2.36. The number of aromatic nitrogens is 1. The summed E-state index contributed by atoms with van der Waals surface area (Å²) in [6.07, 6.45) is 1.67. The SMILES string of the molecule is Cc1ccc(CSc2nc3ccc(N=Cc4ccc(N5CCOCC5)c([N+](=O)[O-])c4)cc3s2)c(C)c1. The molecule has 1 aromatic heterocycles. The number of fused-ring (bicyclic) bond motifs is 1. The molecule has 0 atom stereocenters. The predicted octanol–water partition coefficient (Wildman–Crippen LogP) is 6.70. The van der Waals surface area contributed by atoms with Crippen LogP contribution in [0.2, 0.25) is 0 Å². The monoisotopic (exact) mass is 518 g/mol. The molecule has 5 rings (SSSR count). The molecule has 4 aromatic rings. The number of benzene rings is 3. The van der Waals surface area contributed by atoms with E-state index in [1.54, 1.807) is 41.4 Å². The zero-order valence-corrected chi connectivity index (χ0v) is 21.8. The summed E-state index contributed by atoms with van der Waals surface area (Å²) in [7, 11) is 0. The van der Waals surface area contributed by atoms with Crippen LogP contribution in [0.15, 0.2) is 63.9 Å². The van der Waals surface area contributed by atoms with E-state index < -0.39 is 0 Å². The van der Waals surface area contributed by atoms with Gasteiger partial charge in [0.1, 0.15) is 5.69 Å². The van der Waals surface area contributed by atoms with Crippen molar-refractivity contribution in [2.75, 3.05) is 31.2 Å². The maximum absolute atomic E-state index is 11.7. The van der Waals surface area contributed by atoms with Gasteiger partial charge in [0.15, 0.2) is 4.34 Å². The second-order valence-electron chi connectivity index (χ2n) is 8.71. The van der Waals surface area contributed by atoms with Crippen LogP contribution in [-0.4, -0.2) is 42.4 Å². The molecule has 0 amide bonds. The van der Waals surface area contributed by atoms with E-state index in [-0.39, 0.29) is 10.6 Å². The molecule has 184 valence electrons. The van der Waals surface area contributed by atoms with E-state index in [0.717, 1.165) is 26.0 Å². The van der Waals surface area contributed by atoms with Gasteiger partial charge in [-0.25, -0.2) is 4.98 Å². The molecule has 0 unspecified atom stereocenters. The molecule has 1 aliphatic rings. The molecule has 1 aliphatic heterocycles. The highest BCUT2D eigenvalue weighted by Crippen LogP contribution is 2.34. The third kappa shape index (κ3) is 5.59. The van der Waals surface area contributed by atoms with E-state index in [4.69, 9.17) is 9.72 Å². The summed E-state index contributed by atoms with van der Waals surface area (Å²) < 4.78 is 7.47. The van der Waals surface area contributed by atoms with Crippen LogP contribution in [-0.2, 0) is 10.5 Å². The Labute approximate surface area is 218 Å². The zero-order chi connectivity index (χ0) is 25.1. The van der Waals surface area contributed by atoms with Crippen LogP contribution in [0.25, 0.3) is 10.2 Å². The molecule has 0 aliphatic carbocycles. The number of nitro benzene ring substituents is 1. The fourth-order valence-corrected chi connectivity index (χ4v) is 6.35. The molecule has 1 fully saturated rings. The lowest BCUT2D eigenvalue weighted by molar-refractivity contribution is -0.384. The number of hydrogen-bond donors (Lipinski definition) is 0. The topological polar surface area (TPSA) is 80.9 Å². The summed E-state index contributed by atoms with van der Waals surface area (Å²) in [5, 5.41) is 11.7. The Hall–Kier alpha value is -3.27. The number of hydrogen-bond acceptors (Lipinski definition) is 8. The molecule has 2 heterocycles. The first kappa shape index (κ1) is 24.4. The quantitative estimate of drug-likeness (QED) is 0.117.